The second-order valence-corrected chi connectivity index (χ2v) is 8.22. The number of aliphatic hydroxyl groups is 1. The molecule has 3 aliphatic carbocycles. The van der Waals surface area contributed by atoms with Crippen LogP contribution in [0.25, 0.3) is 0 Å². The van der Waals surface area contributed by atoms with E-state index in [1.54, 1.807) is 12.1 Å². The molecule has 4 rings (SSSR count). The maximum absolute atomic E-state index is 12.8. The average molecular weight is 309 g/mol. The Kier molecular flexibility index (Phi) is 3.06. The summed E-state index contributed by atoms with van der Waals surface area (Å²) in [5.41, 5.74) is 0. The summed E-state index contributed by atoms with van der Waals surface area (Å²) < 4.78 is 12.8. The first-order chi connectivity index (χ1) is 9.66. The first kappa shape index (κ1) is 13.1. The van der Waals surface area contributed by atoms with Crippen molar-refractivity contribution in [3.05, 3.63) is 41.4 Å². The molecule has 3 aliphatic rings. The lowest BCUT2D eigenvalue weighted by molar-refractivity contribution is 0.0740. The van der Waals surface area contributed by atoms with Crippen molar-refractivity contribution in [2.75, 3.05) is 0 Å². The molecule has 0 heterocycles. The Labute approximate surface area is 126 Å². The summed E-state index contributed by atoms with van der Waals surface area (Å²) in [6.07, 6.45) is 6.22. The van der Waals surface area contributed by atoms with Gasteiger partial charge >= 0.3 is 0 Å². The minimum Gasteiger partial charge on any atom is -0.392 e. The third kappa shape index (κ3) is 1.76. The van der Waals surface area contributed by atoms with E-state index in [1.165, 1.54) is 0 Å². The molecule has 0 aromatic heterocycles. The van der Waals surface area contributed by atoms with Crippen molar-refractivity contribution >= 4 is 22.4 Å². The van der Waals surface area contributed by atoms with Crippen molar-refractivity contribution in [1.29, 1.82) is 0 Å². The average Bonchev–Trinajstić information content (AvgIpc) is 3.09. The predicted molar refractivity (Wildman–Crippen MR) is 80.0 cm³/mol. The van der Waals surface area contributed by atoms with Crippen LogP contribution in [0.2, 0.25) is 5.02 Å². The van der Waals surface area contributed by atoms with Gasteiger partial charge in [0, 0.05) is 9.92 Å². The molecule has 2 saturated carbocycles. The van der Waals surface area contributed by atoms with E-state index in [4.69, 9.17) is 11.6 Å². The molecule has 106 valence electrons. The second-order valence-electron chi connectivity index (χ2n) is 6.18. The van der Waals surface area contributed by atoms with Gasteiger partial charge in [-0.2, -0.15) is 0 Å². The Bertz CT molecular complexity index is 583. The fourth-order valence-electron chi connectivity index (χ4n) is 4.51. The summed E-state index contributed by atoms with van der Waals surface area (Å²) in [4.78, 5) is 0.782. The van der Waals surface area contributed by atoms with E-state index in [2.05, 4.69) is 12.2 Å². The van der Waals surface area contributed by atoms with Gasteiger partial charge in [0.25, 0.3) is 0 Å². The summed E-state index contributed by atoms with van der Waals surface area (Å²) in [5.74, 6) is 1.83. The molecule has 0 aliphatic heterocycles. The topological polar surface area (TPSA) is 37.3 Å². The minimum atomic E-state index is -1.15. The van der Waals surface area contributed by atoms with E-state index < -0.39 is 16.9 Å². The van der Waals surface area contributed by atoms with Gasteiger partial charge in [-0.3, -0.25) is 4.21 Å². The van der Waals surface area contributed by atoms with E-state index in [1.807, 2.05) is 12.1 Å². The van der Waals surface area contributed by atoms with Gasteiger partial charge in [0.05, 0.1) is 22.2 Å². The molecule has 2 fully saturated rings. The molecular formula is C16H17ClO2S. The van der Waals surface area contributed by atoms with Crippen LogP contribution < -0.4 is 0 Å². The number of aliphatic hydroxyl groups excluding tert-OH is 1. The second kappa shape index (κ2) is 4.69. The van der Waals surface area contributed by atoms with E-state index in [0.717, 1.165) is 17.7 Å². The molecule has 2 nitrogen and oxygen atoms in total. The molecule has 1 aromatic carbocycles. The van der Waals surface area contributed by atoms with Gasteiger partial charge in [-0.25, -0.2) is 0 Å². The maximum atomic E-state index is 12.8. The van der Waals surface area contributed by atoms with Crippen LogP contribution in [0.5, 0.6) is 0 Å². The quantitative estimate of drug-likeness (QED) is 0.853. The molecule has 7 unspecified atom stereocenters. The highest BCUT2D eigenvalue weighted by molar-refractivity contribution is 7.85. The van der Waals surface area contributed by atoms with Crippen molar-refractivity contribution in [2.24, 2.45) is 23.7 Å². The summed E-state index contributed by atoms with van der Waals surface area (Å²) in [6, 6.07) is 7.18. The Morgan fingerprint density at radius 3 is 2.65 bits per heavy atom. The van der Waals surface area contributed by atoms with Crippen LogP contribution in [0.15, 0.2) is 41.3 Å². The Morgan fingerprint density at radius 1 is 1.15 bits per heavy atom. The monoisotopic (exact) mass is 308 g/mol. The Hall–Kier alpha value is -0.640. The zero-order valence-electron chi connectivity index (χ0n) is 11.0. The first-order valence-electron chi connectivity index (χ1n) is 7.17. The van der Waals surface area contributed by atoms with Crippen molar-refractivity contribution in [3.63, 3.8) is 0 Å². The van der Waals surface area contributed by atoms with Crippen LogP contribution >= 0.6 is 11.6 Å². The van der Waals surface area contributed by atoms with Gasteiger partial charge in [-0.15, -0.1) is 0 Å². The number of rotatable bonds is 2. The summed E-state index contributed by atoms with van der Waals surface area (Å²) in [6.45, 7) is 0. The molecule has 7 atom stereocenters. The molecule has 0 amide bonds. The molecular weight excluding hydrogens is 292 g/mol. The molecule has 0 spiro atoms. The Morgan fingerprint density at radius 2 is 1.90 bits per heavy atom. The summed E-state index contributed by atoms with van der Waals surface area (Å²) in [7, 11) is -1.15. The molecule has 1 aromatic rings. The smallest absolute Gasteiger partial charge is 0.0721 e. The fraction of sp³-hybridized carbons (Fsp3) is 0.500. The van der Waals surface area contributed by atoms with Crippen LogP contribution in [0, 0.1) is 23.7 Å². The summed E-state index contributed by atoms with van der Waals surface area (Å²) >= 11 is 5.88. The van der Waals surface area contributed by atoms with Gasteiger partial charge in [0.2, 0.25) is 0 Å². The molecule has 0 saturated heterocycles. The number of hydrogen-bond donors (Lipinski definition) is 1. The van der Waals surface area contributed by atoms with Crippen molar-refractivity contribution in [3.8, 4) is 0 Å². The van der Waals surface area contributed by atoms with Crippen LogP contribution in [0.4, 0.5) is 0 Å². The molecule has 20 heavy (non-hydrogen) atoms. The molecule has 2 bridgehead atoms. The minimum absolute atomic E-state index is 0.120. The SMILES string of the molecule is O=S(c1ccc(Cl)cc1)C1C(O)C2CC1C1C=CCC12. The van der Waals surface area contributed by atoms with Crippen molar-refractivity contribution < 1.29 is 9.32 Å². The van der Waals surface area contributed by atoms with Crippen molar-refractivity contribution in [2.45, 2.75) is 29.1 Å². The highest BCUT2D eigenvalue weighted by Gasteiger charge is 2.59. The van der Waals surface area contributed by atoms with E-state index >= 15 is 0 Å². The lowest BCUT2D eigenvalue weighted by Crippen LogP contribution is -2.42. The highest BCUT2D eigenvalue weighted by Crippen LogP contribution is 2.58. The zero-order valence-corrected chi connectivity index (χ0v) is 12.6. The van der Waals surface area contributed by atoms with E-state index in [0.29, 0.717) is 28.7 Å². The number of halogens is 1. The lowest BCUT2D eigenvalue weighted by Gasteiger charge is -2.34. The van der Waals surface area contributed by atoms with E-state index in [9.17, 15) is 9.32 Å². The lowest BCUT2D eigenvalue weighted by atomic mass is 9.80. The van der Waals surface area contributed by atoms with Crippen LogP contribution in [0.3, 0.4) is 0 Å². The standard InChI is InChI=1S/C16H17ClO2S/c17-9-4-6-10(7-5-9)20(19)16-14-8-13(15(16)18)11-2-1-3-12(11)14/h1,3-7,11-16,18H,2,8H2. The van der Waals surface area contributed by atoms with Crippen molar-refractivity contribution in [1.82, 2.24) is 0 Å². The Balaban J connectivity index is 1.64. The van der Waals surface area contributed by atoms with E-state index in [-0.39, 0.29) is 5.25 Å². The van der Waals surface area contributed by atoms with Gasteiger partial charge in [0.15, 0.2) is 0 Å². The maximum Gasteiger partial charge on any atom is 0.0721 e. The number of hydrogen-bond acceptors (Lipinski definition) is 2. The van der Waals surface area contributed by atoms with Crippen LogP contribution in [-0.4, -0.2) is 20.7 Å². The fourth-order valence-corrected chi connectivity index (χ4v) is 6.42. The number of benzene rings is 1. The third-order valence-electron chi connectivity index (χ3n) is 5.34. The van der Waals surface area contributed by atoms with Crippen LogP contribution in [0.1, 0.15) is 12.8 Å². The normalized spacial score (nSPS) is 42.9. The third-order valence-corrected chi connectivity index (χ3v) is 7.45. The van der Waals surface area contributed by atoms with Gasteiger partial charge < -0.3 is 5.11 Å². The predicted octanol–water partition coefficient (Wildman–Crippen LogP) is 3.02. The first-order valence-corrected chi connectivity index (χ1v) is 8.77. The molecule has 4 heteroatoms. The number of fused-ring (bicyclic) bond motifs is 5. The highest BCUT2D eigenvalue weighted by atomic mass is 35.5. The largest absolute Gasteiger partial charge is 0.392 e. The van der Waals surface area contributed by atoms with Gasteiger partial charge in [-0.1, -0.05) is 23.8 Å². The molecule has 0 radical (unpaired) electrons. The molecule has 1 N–H and O–H groups in total. The van der Waals surface area contributed by atoms with Gasteiger partial charge in [-0.05, 0) is 60.8 Å². The summed E-state index contributed by atoms with van der Waals surface area (Å²) in [5, 5.41) is 11.1. The number of allylic oxidation sites excluding steroid dienone is 2. The van der Waals surface area contributed by atoms with Gasteiger partial charge in [0.1, 0.15) is 0 Å². The zero-order chi connectivity index (χ0) is 13.9. The van der Waals surface area contributed by atoms with Crippen LogP contribution in [-0.2, 0) is 10.8 Å².